The van der Waals surface area contributed by atoms with Crippen LogP contribution in [0.15, 0.2) is 34.3 Å². The van der Waals surface area contributed by atoms with Crippen molar-refractivity contribution in [2.75, 3.05) is 13.2 Å². The number of hydrogen-bond acceptors (Lipinski definition) is 10. The zero-order valence-corrected chi connectivity index (χ0v) is 37.1. The van der Waals surface area contributed by atoms with Crippen molar-refractivity contribution in [2.45, 2.75) is 164 Å². The van der Waals surface area contributed by atoms with Gasteiger partial charge in [0, 0.05) is 5.02 Å². The molecule has 5 N–H and O–H groups in total. The molecule has 0 aliphatic carbocycles. The van der Waals surface area contributed by atoms with Gasteiger partial charge in [0.25, 0.3) is 0 Å². The topological polar surface area (TPSA) is 136 Å². The van der Waals surface area contributed by atoms with Crippen LogP contribution in [0.4, 0.5) is 0 Å². The van der Waals surface area contributed by atoms with E-state index in [0.717, 1.165) is 5.56 Å². The van der Waals surface area contributed by atoms with Crippen molar-refractivity contribution in [2.24, 2.45) is 15.7 Å². The number of nitrogens with two attached hydrogens (primary N) is 1. The van der Waals surface area contributed by atoms with Crippen LogP contribution in [-0.2, 0) is 15.9 Å². The van der Waals surface area contributed by atoms with Crippen molar-refractivity contribution >= 4 is 48.2 Å². The van der Waals surface area contributed by atoms with Crippen molar-refractivity contribution < 1.29 is 24.8 Å². The van der Waals surface area contributed by atoms with Crippen molar-refractivity contribution in [1.29, 1.82) is 0 Å². The highest BCUT2D eigenvalue weighted by Gasteiger charge is 2.76. The lowest BCUT2D eigenvalue weighted by Crippen LogP contribution is -2.88. The Labute approximate surface area is 309 Å². The minimum atomic E-state index is -2.72. The van der Waals surface area contributed by atoms with E-state index in [1.807, 2.05) is 29.2 Å². The summed E-state index contributed by atoms with van der Waals surface area (Å²) in [6.45, 7) is 34.7. The van der Waals surface area contributed by atoms with Crippen molar-refractivity contribution in [1.82, 2.24) is 9.47 Å². The molecule has 50 heavy (non-hydrogen) atoms. The fourth-order valence-corrected chi connectivity index (χ4v) is 17.6. The molecule has 0 spiro atoms. The molecule has 7 atom stereocenters. The number of aliphatic hydroxyl groups is 3. The zero-order valence-electron chi connectivity index (χ0n) is 33.3. The van der Waals surface area contributed by atoms with Gasteiger partial charge in [-0.15, -0.1) is 0 Å². The summed E-state index contributed by atoms with van der Waals surface area (Å²) in [5.41, 5.74) is 7.48. The van der Waals surface area contributed by atoms with Crippen molar-refractivity contribution in [3.05, 3.63) is 34.9 Å². The van der Waals surface area contributed by atoms with E-state index in [4.69, 9.17) is 36.8 Å². The molecule has 0 bridgehead atoms. The Balaban J connectivity index is 2.12. The van der Waals surface area contributed by atoms with Gasteiger partial charge in [-0.3, -0.25) is 9.56 Å². The molecule has 0 radical (unpaired) electrons. The smallest absolute Gasteiger partial charge is 0.195 e. The molecule has 0 amide bonds. The Hall–Kier alpha value is -1.14. The van der Waals surface area contributed by atoms with Gasteiger partial charge in [-0.05, 0) is 39.2 Å². The van der Waals surface area contributed by atoms with Gasteiger partial charge in [-0.1, -0.05) is 125 Å². The number of fused-ring (bicyclic) bond motifs is 1. The molecule has 3 aliphatic rings. The van der Waals surface area contributed by atoms with Crippen LogP contribution in [0.1, 0.15) is 67.9 Å². The van der Waals surface area contributed by atoms with E-state index in [1.54, 1.807) is 6.34 Å². The molecule has 14 heteroatoms. The minimum absolute atomic E-state index is 0.174. The maximum absolute atomic E-state index is 11.6. The van der Waals surface area contributed by atoms with Crippen LogP contribution in [0.3, 0.4) is 0 Å². The Morgan fingerprint density at radius 2 is 1.42 bits per heavy atom. The SMILES string of the molecule is CC(C)(C)[Si](C)(C)N1C2N([C@@H]3O[C@H](CO)C(O)C3O)C=NC2([Si](C)(C)C(C)(C)C)C(N)=NC1(OCCc1ccc(Cl)cc1)[Si](C)(C)C(C)(C)C. The monoisotopic (exact) mass is 767 g/mol. The average Bonchev–Trinajstić information content (AvgIpc) is 3.50. The fraction of sp³-hybridized carbons (Fsp3) is 0.778. The van der Waals surface area contributed by atoms with Crippen LogP contribution < -0.4 is 5.73 Å². The summed E-state index contributed by atoms with van der Waals surface area (Å²) >= 11 is 6.24. The quantitative estimate of drug-likeness (QED) is 0.219. The summed E-state index contributed by atoms with van der Waals surface area (Å²) in [6, 6.07) is 7.87. The van der Waals surface area contributed by atoms with E-state index < -0.39 is 72.3 Å². The van der Waals surface area contributed by atoms with Crippen molar-refractivity contribution in [3.8, 4) is 0 Å². The summed E-state index contributed by atoms with van der Waals surface area (Å²) in [6.07, 6.45) is -2.59. The molecule has 284 valence electrons. The lowest BCUT2D eigenvalue weighted by molar-refractivity contribution is -0.146. The molecule has 1 fully saturated rings. The van der Waals surface area contributed by atoms with Gasteiger partial charge >= 0.3 is 0 Å². The van der Waals surface area contributed by atoms with Crippen LogP contribution in [0, 0.1) is 0 Å². The summed E-state index contributed by atoms with van der Waals surface area (Å²) in [5.74, 6) is 0.450. The first kappa shape index (κ1) is 41.6. The molecule has 0 aromatic heterocycles. The van der Waals surface area contributed by atoms with Crippen LogP contribution in [-0.4, -0.2) is 116 Å². The second-order valence-electron chi connectivity index (χ2n) is 19.3. The average molecular weight is 769 g/mol. The van der Waals surface area contributed by atoms with Gasteiger partial charge in [0.15, 0.2) is 11.7 Å². The number of hydrogen-bond donors (Lipinski definition) is 4. The zero-order chi connectivity index (χ0) is 38.3. The van der Waals surface area contributed by atoms with Crippen molar-refractivity contribution in [3.63, 3.8) is 0 Å². The maximum Gasteiger partial charge on any atom is 0.195 e. The number of rotatable bonds is 9. The number of aliphatic hydroxyl groups excluding tert-OH is 3. The summed E-state index contributed by atoms with van der Waals surface area (Å²) in [4.78, 5) is 13.2. The third-order valence-corrected chi connectivity index (χ3v) is 31.7. The van der Waals surface area contributed by atoms with Gasteiger partial charge in [-0.2, -0.15) is 0 Å². The summed E-state index contributed by atoms with van der Waals surface area (Å²) in [7, 11) is -8.06. The van der Waals surface area contributed by atoms with E-state index in [0.29, 0.717) is 23.9 Å². The fourth-order valence-electron chi connectivity index (χ4n) is 7.42. The van der Waals surface area contributed by atoms with Crippen LogP contribution in [0.2, 0.25) is 59.4 Å². The number of amidine groups is 1. The molecule has 1 aromatic rings. The van der Waals surface area contributed by atoms with Gasteiger partial charge in [-0.25, -0.2) is 4.99 Å². The first-order valence-corrected chi connectivity index (χ1v) is 27.4. The van der Waals surface area contributed by atoms with E-state index in [9.17, 15) is 15.3 Å². The molecule has 10 nitrogen and oxygen atoms in total. The van der Waals surface area contributed by atoms with Crippen LogP contribution in [0.5, 0.6) is 0 Å². The Kier molecular flexibility index (Phi) is 11.1. The van der Waals surface area contributed by atoms with Gasteiger partial charge in [0.1, 0.15) is 51.8 Å². The Morgan fingerprint density at radius 3 is 1.88 bits per heavy atom. The largest absolute Gasteiger partial charge is 0.394 e. The number of ether oxygens (including phenoxy) is 2. The summed E-state index contributed by atoms with van der Waals surface area (Å²) in [5, 5.41) is 32.0. The Morgan fingerprint density at radius 1 is 0.880 bits per heavy atom. The third kappa shape index (κ3) is 6.22. The van der Waals surface area contributed by atoms with Crippen LogP contribution in [0.25, 0.3) is 0 Å². The van der Waals surface area contributed by atoms with Gasteiger partial charge < -0.3 is 35.4 Å². The molecule has 4 rings (SSSR count). The molecule has 3 aliphatic heterocycles. The number of nitrogens with zero attached hydrogens (tertiary/aromatic N) is 4. The highest BCUT2D eigenvalue weighted by molar-refractivity contribution is 6.89. The standard InChI is InChI=1S/C36H66ClN5O5Si3/c1-32(2,3)48(10,11)35-30(38)40-36(49(12,13)33(4,5)6,46-21-20-24-16-18-25(37)19-17-24)42(50(14,15)34(7,8)9)31(35)41(23-39-35)29-28(45)27(44)26(22-43)47-29/h16-19,23,26-29,31,43-45H,20-22H2,1-15H3,(H2,38,40)/t26-,27?,28?,29-,31?,35?,36?/m1/s1. The van der Waals surface area contributed by atoms with E-state index in [2.05, 4.69) is 106 Å². The number of halogens is 1. The molecule has 0 saturated carbocycles. The molecule has 1 aromatic carbocycles. The lowest BCUT2D eigenvalue weighted by atomic mass is 10.1. The molecule has 5 unspecified atom stereocenters. The van der Waals surface area contributed by atoms with E-state index >= 15 is 0 Å². The lowest BCUT2D eigenvalue weighted by Gasteiger charge is -2.68. The second-order valence-corrected chi connectivity index (χ2v) is 35.8. The van der Waals surface area contributed by atoms with Gasteiger partial charge in [0.2, 0.25) is 0 Å². The van der Waals surface area contributed by atoms with E-state index in [-0.39, 0.29) is 15.1 Å². The predicted octanol–water partition coefficient (Wildman–Crippen LogP) is 6.17. The summed E-state index contributed by atoms with van der Waals surface area (Å²) < 4.78 is 16.4. The maximum atomic E-state index is 11.6. The predicted molar refractivity (Wildman–Crippen MR) is 214 cm³/mol. The van der Waals surface area contributed by atoms with Crippen LogP contribution >= 0.6 is 11.6 Å². The number of benzene rings is 1. The molecule has 1 saturated heterocycles. The highest BCUT2D eigenvalue weighted by atomic mass is 35.5. The molecular formula is C36H66ClN5O5Si3. The first-order valence-electron chi connectivity index (χ1n) is 18.1. The van der Waals surface area contributed by atoms with Gasteiger partial charge in [0.05, 0.1) is 27.6 Å². The third-order valence-electron chi connectivity index (χ3n) is 13.7. The first-order chi connectivity index (χ1) is 22.6. The van der Waals surface area contributed by atoms with E-state index in [1.165, 1.54) is 0 Å². The molecule has 3 heterocycles. The highest BCUT2D eigenvalue weighted by Crippen LogP contribution is 2.60. The molecular weight excluding hydrogens is 702 g/mol. The second kappa shape index (κ2) is 13.3. The minimum Gasteiger partial charge on any atom is -0.394 e. The normalized spacial score (nSPS) is 31.7. The Bertz CT molecular complexity index is 1460. The number of aliphatic imine (C=N–C) groups is 2.